The van der Waals surface area contributed by atoms with Crippen molar-refractivity contribution in [3.63, 3.8) is 0 Å². The van der Waals surface area contributed by atoms with Crippen molar-refractivity contribution in [3.8, 4) is 0 Å². The first-order chi connectivity index (χ1) is 14.3. The van der Waals surface area contributed by atoms with Gasteiger partial charge in [0.1, 0.15) is 4.83 Å². The molecule has 0 unspecified atom stereocenters. The summed E-state index contributed by atoms with van der Waals surface area (Å²) in [5.41, 5.74) is 5.00. The molecule has 0 radical (unpaired) electrons. The van der Waals surface area contributed by atoms with Gasteiger partial charge in [0.15, 0.2) is 11.0 Å². The van der Waals surface area contributed by atoms with Crippen LogP contribution in [0, 0.1) is 0 Å². The fourth-order valence-corrected chi connectivity index (χ4v) is 5.96. The molecule has 0 saturated carbocycles. The van der Waals surface area contributed by atoms with Crippen molar-refractivity contribution in [2.75, 3.05) is 24.2 Å². The Morgan fingerprint density at radius 2 is 1.67 bits per heavy atom. The number of pyridine rings is 1. The maximum absolute atomic E-state index is 10.1. The Labute approximate surface area is 185 Å². The third kappa shape index (κ3) is 3.90. The normalized spacial score (nSPS) is 15.9. The fraction of sp³-hybridized carbons (Fsp3) is 0.591. The molecule has 2 atom stereocenters. The first-order valence-corrected chi connectivity index (χ1v) is 12.6. The van der Waals surface area contributed by atoms with E-state index in [0.29, 0.717) is 24.2 Å². The van der Waals surface area contributed by atoms with Crippen LogP contribution in [-0.4, -0.2) is 56.7 Å². The Bertz CT molecular complexity index is 1070. The highest BCUT2D eigenvalue weighted by Gasteiger charge is 2.27. The first kappa shape index (κ1) is 21.7. The standard InChI is InChI=1S/C22H30N4O2S2/c1-11(2)17-15-8-6-7-14(15)16-18-19(30-21(16)23-17)20(25-22(24-18)29-5)26(9-12(3)27)10-13(4)28/h11-13,27-28H,6-10H2,1-5H3/t12-,13-/m1/s1. The molecule has 3 aromatic rings. The molecular weight excluding hydrogens is 416 g/mol. The Balaban J connectivity index is 2.02. The van der Waals surface area contributed by atoms with E-state index in [2.05, 4.69) is 13.8 Å². The maximum atomic E-state index is 10.1. The lowest BCUT2D eigenvalue weighted by molar-refractivity contribution is 0.178. The zero-order valence-corrected chi connectivity index (χ0v) is 19.9. The highest BCUT2D eigenvalue weighted by molar-refractivity contribution is 7.98. The van der Waals surface area contributed by atoms with Crippen LogP contribution in [0.4, 0.5) is 5.82 Å². The van der Waals surface area contributed by atoms with Gasteiger partial charge in [0.05, 0.1) is 22.4 Å². The van der Waals surface area contributed by atoms with Gasteiger partial charge in [0.2, 0.25) is 0 Å². The lowest BCUT2D eigenvalue weighted by Crippen LogP contribution is -2.37. The van der Waals surface area contributed by atoms with Gasteiger partial charge in [0.25, 0.3) is 0 Å². The first-order valence-electron chi connectivity index (χ1n) is 10.6. The van der Waals surface area contributed by atoms with Crippen molar-refractivity contribution in [3.05, 3.63) is 16.8 Å². The lowest BCUT2D eigenvalue weighted by Gasteiger charge is -2.27. The number of nitrogens with zero attached hydrogens (tertiary/aromatic N) is 4. The number of aromatic nitrogens is 3. The molecule has 3 heterocycles. The average Bonchev–Trinajstić information content (AvgIpc) is 3.28. The van der Waals surface area contributed by atoms with E-state index in [0.717, 1.165) is 40.1 Å². The third-order valence-corrected chi connectivity index (χ3v) is 7.14. The molecule has 162 valence electrons. The summed E-state index contributed by atoms with van der Waals surface area (Å²) in [4.78, 5) is 17.8. The molecule has 3 aromatic heterocycles. The predicted molar refractivity (Wildman–Crippen MR) is 126 cm³/mol. The van der Waals surface area contributed by atoms with Crippen LogP contribution in [0.5, 0.6) is 0 Å². The lowest BCUT2D eigenvalue weighted by atomic mass is 9.99. The van der Waals surface area contributed by atoms with Crippen LogP contribution in [0.2, 0.25) is 0 Å². The van der Waals surface area contributed by atoms with Gasteiger partial charge in [-0.25, -0.2) is 15.0 Å². The van der Waals surface area contributed by atoms with E-state index in [1.165, 1.54) is 34.0 Å². The number of aliphatic hydroxyl groups is 2. The number of hydrogen-bond donors (Lipinski definition) is 2. The number of hydrogen-bond acceptors (Lipinski definition) is 8. The van der Waals surface area contributed by atoms with E-state index < -0.39 is 12.2 Å². The number of rotatable bonds is 7. The minimum Gasteiger partial charge on any atom is -0.392 e. The van der Waals surface area contributed by atoms with Gasteiger partial charge in [-0.2, -0.15) is 0 Å². The monoisotopic (exact) mass is 446 g/mol. The Kier molecular flexibility index (Phi) is 6.21. The molecule has 4 rings (SSSR count). The van der Waals surface area contributed by atoms with Gasteiger partial charge in [-0.1, -0.05) is 25.6 Å². The predicted octanol–water partition coefficient (Wildman–Crippen LogP) is 4.14. The van der Waals surface area contributed by atoms with Crippen molar-refractivity contribution in [2.24, 2.45) is 0 Å². The summed E-state index contributed by atoms with van der Waals surface area (Å²) in [5.74, 6) is 1.17. The van der Waals surface area contributed by atoms with Gasteiger partial charge >= 0.3 is 0 Å². The molecule has 30 heavy (non-hydrogen) atoms. The van der Waals surface area contributed by atoms with E-state index in [4.69, 9.17) is 15.0 Å². The van der Waals surface area contributed by atoms with Crippen LogP contribution in [0.25, 0.3) is 20.4 Å². The molecule has 0 bridgehead atoms. The number of thiophene rings is 1. The molecular formula is C22H30N4O2S2. The Morgan fingerprint density at radius 3 is 2.27 bits per heavy atom. The smallest absolute Gasteiger partial charge is 0.189 e. The van der Waals surface area contributed by atoms with Gasteiger partial charge in [-0.3, -0.25) is 0 Å². The zero-order valence-electron chi connectivity index (χ0n) is 18.3. The molecule has 6 nitrogen and oxygen atoms in total. The second-order valence-electron chi connectivity index (χ2n) is 8.56. The molecule has 1 aliphatic carbocycles. The number of fused-ring (bicyclic) bond motifs is 5. The number of thioether (sulfide) groups is 1. The van der Waals surface area contributed by atoms with E-state index >= 15 is 0 Å². The maximum Gasteiger partial charge on any atom is 0.189 e. The summed E-state index contributed by atoms with van der Waals surface area (Å²) in [6.45, 7) is 8.76. The number of aryl methyl sites for hydroxylation is 1. The largest absolute Gasteiger partial charge is 0.392 e. The molecule has 0 aliphatic heterocycles. The summed E-state index contributed by atoms with van der Waals surface area (Å²) < 4.78 is 0.992. The summed E-state index contributed by atoms with van der Waals surface area (Å²) >= 11 is 3.15. The topological polar surface area (TPSA) is 82.4 Å². The van der Waals surface area contributed by atoms with Crippen molar-refractivity contribution in [2.45, 2.75) is 70.2 Å². The molecule has 0 fully saturated rings. The average molecular weight is 447 g/mol. The summed E-state index contributed by atoms with van der Waals surface area (Å²) in [6.07, 6.45) is 4.24. The quantitative estimate of drug-likeness (QED) is 0.417. The number of aliphatic hydroxyl groups excluding tert-OH is 2. The third-order valence-electron chi connectivity index (χ3n) is 5.53. The van der Waals surface area contributed by atoms with Crippen LogP contribution in [0.3, 0.4) is 0 Å². The van der Waals surface area contributed by atoms with Crippen molar-refractivity contribution < 1.29 is 10.2 Å². The molecule has 1 aliphatic rings. The van der Waals surface area contributed by atoms with E-state index in [9.17, 15) is 10.2 Å². The minimum atomic E-state index is -0.532. The molecule has 2 N–H and O–H groups in total. The Hall–Kier alpha value is -1.48. The zero-order chi connectivity index (χ0) is 21.6. The Morgan fingerprint density at radius 1 is 1.00 bits per heavy atom. The second kappa shape index (κ2) is 8.57. The summed E-state index contributed by atoms with van der Waals surface area (Å²) in [7, 11) is 0. The van der Waals surface area contributed by atoms with E-state index in [-0.39, 0.29) is 0 Å². The fourth-order valence-electron chi connectivity index (χ4n) is 4.43. The molecule has 0 aromatic carbocycles. The van der Waals surface area contributed by atoms with Crippen molar-refractivity contribution >= 4 is 49.3 Å². The molecule has 0 spiro atoms. The molecule has 0 amide bonds. The highest BCUT2D eigenvalue weighted by Crippen LogP contribution is 2.43. The van der Waals surface area contributed by atoms with Crippen LogP contribution in [0.15, 0.2) is 5.16 Å². The van der Waals surface area contributed by atoms with Crippen molar-refractivity contribution in [1.82, 2.24) is 15.0 Å². The molecule has 8 heteroatoms. The SMILES string of the molecule is CSc1nc(N(C[C@@H](C)O)C[C@@H](C)O)c2sc3nc(C(C)C)c4c(c3c2n1)CCC4. The minimum absolute atomic E-state index is 0.390. The van der Waals surface area contributed by atoms with Crippen LogP contribution in [-0.2, 0) is 12.8 Å². The highest BCUT2D eigenvalue weighted by atomic mass is 32.2. The van der Waals surface area contributed by atoms with Crippen LogP contribution >= 0.6 is 23.1 Å². The van der Waals surface area contributed by atoms with Gasteiger partial charge < -0.3 is 15.1 Å². The van der Waals surface area contributed by atoms with Crippen LogP contribution < -0.4 is 4.90 Å². The van der Waals surface area contributed by atoms with E-state index in [1.807, 2.05) is 11.2 Å². The summed E-state index contributed by atoms with van der Waals surface area (Å²) in [5, 5.41) is 22.0. The molecule has 0 saturated heterocycles. The van der Waals surface area contributed by atoms with E-state index in [1.54, 1.807) is 25.2 Å². The van der Waals surface area contributed by atoms with Crippen LogP contribution in [0.1, 0.15) is 56.9 Å². The number of anilines is 1. The van der Waals surface area contributed by atoms with Gasteiger partial charge in [-0.05, 0) is 56.4 Å². The van der Waals surface area contributed by atoms with Crippen molar-refractivity contribution in [1.29, 1.82) is 0 Å². The van der Waals surface area contributed by atoms with Gasteiger partial charge in [-0.15, -0.1) is 11.3 Å². The summed E-state index contributed by atoms with van der Waals surface area (Å²) in [6, 6.07) is 0. The van der Waals surface area contributed by atoms with Gasteiger partial charge in [0, 0.05) is 24.2 Å². The second-order valence-corrected chi connectivity index (χ2v) is 10.3.